The molecule has 0 bridgehead atoms. The average molecular weight is 357 g/mol. The van der Waals surface area contributed by atoms with Crippen molar-refractivity contribution >= 4 is 23.2 Å². The molecular formula is C20H21ClN2O2. The lowest BCUT2D eigenvalue weighted by Crippen LogP contribution is -2.30. The maximum atomic E-state index is 12.5. The number of carbonyl (C=O) groups is 1. The number of halogens is 1. The van der Waals surface area contributed by atoms with E-state index in [2.05, 4.69) is 19.2 Å². The third-order valence-corrected chi connectivity index (χ3v) is 4.39. The molecule has 1 N–H and O–H groups in total. The Bertz CT molecular complexity index is 799. The summed E-state index contributed by atoms with van der Waals surface area (Å²) in [6.07, 6.45) is 0.259. The number of rotatable bonds is 6. The molecule has 2 atom stereocenters. The first-order valence-electron chi connectivity index (χ1n) is 8.22. The van der Waals surface area contributed by atoms with Crippen LogP contribution in [0.4, 0.5) is 5.69 Å². The largest absolute Gasteiger partial charge is 0.479 e. The van der Waals surface area contributed by atoms with E-state index >= 15 is 0 Å². The Labute approximate surface area is 153 Å². The van der Waals surface area contributed by atoms with Crippen LogP contribution >= 0.6 is 11.6 Å². The highest BCUT2D eigenvalue weighted by Gasteiger charge is 2.18. The number of para-hydroxylation sites is 1. The van der Waals surface area contributed by atoms with Gasteiger partial charge in [-0.3, -0.25) is 4.79 Å². The molecule has 5 heteroatoms. The number of hydrogen-bond donors (Lipinski definition) is 1. The first-order valence-corrected chi connectivity index (χ1v) is 8.60. The van der Waals surface area contributed by atoms with E-state index in [1.807, 2.05) is 30.3 Å². The summed E-state index contributed by atoms with van der Waals surface area (Å²) < 4.78 is 5.65. The molecule has 0 aliphatic rings. The second-order valence-electron chi connectivity index (χ2n) is 5.90. The number of anilines is 1. The van der Waals surface area contributed by atoms with Crippen LogP contribution in [0.5, 0.6) is 5.75 Å². The normalized spacial score (nSPS) is 12.8. The lowest BCUT2D eigenvalue weighted by Gasteiger charge is -2.19. The van der Waals surface area contributed by atoms with Crippen LogP contribution in [0.15, 0.2) is 42.5 Å². The zero-order valence-corrected chi connectivity index (χ0v) is 15.3. The van der Waals surface area contributed by atoms with E-state index in [9.17, 15) is 4.79 Å². The third-order valence-electron chi connectivity index (χ3n) is 4.10. The lowest BCUT2D eigenvalue weighted by atomic mass is 9.97. The first kappa shape index (κ1) is 18.8. The van der Waals surface area contributed by atoms with Crippen LogP contribution in [0, 0.1) is 11.3 Å². The molecule has 0 aliphatic heterocycles. The highest BCUT2D eigenvalue weighted by molar-refractivity contribution is 6.32. The minimum absolute atomic E-state index is 0.254. The molecular weight excluding hydrogens is 336 g/mol. The third kappa shape index (κ3) is 4.74. The van der Waals surface area contributed by atoms with Crippen LogP contribution in [0.2, 0.25) is 5.02 Å². The van der Waals surface area contributed by atoms with Gasteiger partial charge in [0.15, 0.2) is 6.10 Å². The molecule has 130 valence electrons. The average Bonchev–Trinajstić information content (AvgIpc) is 2.63. The van der Waals surface area contributed by atoms with Gasteiger partial charge in [0, 0.05) is 5.69 Å². The summed E-state index contributed by atoms with van der Waals surface area (Å²) in [5.41, 5.74) is 2.34. The van der Waals surface area contributed by atoms with Crippen molar-refractivity contribution < 1.29 is 9.53 Å². The molecule has 2 aromatic rings. The fourth-order valence-electron chi connectivity index (χ4n) is 2.40. The van der Waals surface area contributed by atoms with Gasteiger partial charge in [-0.2, -0.15) is 5.26 Å². The standard InChI is InChI=1S/C20H21ClN2O2/c1-4-13(2)16-7-5-6-8-18(16)23-20(24)14(3)25-19-10-9-15(12-22)11-17(19)21/h5-11,13-14H,4H2,1-3H3,(H,23,24)/t13-,14+/m0/s1. The highest BCUT2D eigenvalue weighted by Crippen LogP contribution is 2.28. The number of benzene rings is 2. The Morgan fingerprint density at radius 3 is 2.64 bits per heavy atom. The minimum atomic E-state index is -0.726. The maximum absolute atomic E-state index is 12.5. The lowest BCUT2D eigenvalue weighted by molar-refractivity contribution is -0.122. The van der Waals surface area contributed by atoms with Crippen molar-refractivity contribution in [1.82, 2.24) is 0 Å². The molecule has 0 spiro atoms. The van der Waals surface area contributed by atoms with Gasteiger partial charge < -0.3 is 10.1 Å². The summed E-state index contributed by atoms with van der Waals surface area (Å²) in [6, 6.07) is 14.5. The van der Waals surface area contributed by atoms with E-state index in [0.29, 0.717) is 22.3 Å². The summed E-state index contributed by atoms with van der Waals surface area (Å²) in [6.45, 7) is 5.90. The number of nitrogens with zero attached hydrogens (tertiary/aromatic N) is 1. The Morgan fingerprint density at radius 1 is 1.28 bits per heavy atom. The van der Waals surface area contributed by atoms with Gasteiger partial charge in [-0.05, 0) is 49.1 Å². The molecule has 0 radical (unpaired) electrons. The van der Waals surface area contributed by atoms with E-state index in [1.165, 1.54) is 6.07 Å². The van der Waals surface area contributed by atoms with Crippen molar-refractivity contribution in [2.75, 3.05) is 5.32 Å². The number of nitrogens with one attached hydrogen (secondary N) is 1. The van der Waals surface area contributed by atoms with E-state index < -0.39 is 6.10 Å². The quantitative estimate of drug-likeness (QED) is 0.780. The molecule has 0 saturated heterocycles. The van der Waals surface area contributed by atoms with Crippen LogP contribution < -0.4 is 10.1 Å². The molecule has 0 fully saturated rings. The Balaban J connectivity index is 2.10. The first-order chi connectivity index (χ1) is 12.0. The van der Waals surface area contributed by atoms with Gasteiger partial charge in [-0.1, -0.05) is 43.6 Å². The van der Waals surface area contributed by atoms with Crippen LogP contribution in [0.3, 0.4) is 0 Å². The van der Waals surface area contributed by atoms with Crippen LogP contribution in [0.25, 0.3) is 0 Å². The van der Waals surface area contributed by atoms with Crippen LogP contribution in [-0.4, -0.2) is 12.0 Å². The van der Waals surface area contributed by atoms with E-state index in [4.69, 9.17) is 21.6 Å². The maximum Gasteiger partial charge on any atom is 0.265 e. The summed E-state index contributed by atoms with van der Waals surface area (Å²) >= 11 is 6.09. The van der Waals surface area contributed by atoms with Gasteiger partial charge in [-0.15, -0.1) is 0 Å². The van der Waals surface area contributed by atoms with E-state index in [1.54, 1.807) is 19.1 Å². The predicted molar refractivity (Wildman–Crippen MR) is 100 cm³/mol. The monoisotopic (exact) mass is 356 g/mol. The predicted octanol–water partition coefficient (Wildman–Crippen LogP) is 5.13. The number of hydrogen-bond acceptors (Lipinski definition) is 3. The van der Waals surface area contributed by atoms with Crippen molar-refractivity contribution in [3.8, 4) is 11.8 Å². The summed E-state index contributed by atoms with van der Waals surface area (Å²) in [7, 11) is 0. The fraction of sp³-hybridized carbons (Fsp3) is 0.300. The van der Waals surface area contributed by atoms with Crippen LogP contribution in [0.1, 0.15) is 44.2 Å². The van der Waals surface area contributed by atoms with Crippen molar-refractivity contribution in [2.45, 2.75) is 39.2 Å². The van der Waals surface area contributed by atoms with Crippen molar-refractivity contribution in [1.29, 1.82) is 5.26 Å². The second-order valence-corrected chi connectivity index (χ2v) is 6.31. The van der Waals surface area contributed by atoms with Gasteiger partial charge in [-0.25, -0.2) is 0 Å². The zero-order chi connectivity index (χ0) is 18.4. The van der Waals surface area contributed by atoms with Gasteiger partial charge in [0.1, 0.15) is 5.75 Å². The number of ether oxygens (including phenoxy) is 1. The van der Waals surface area contributed by atoms with Crippen molar-refractivity contribution in [3.05, 3.63) is 58.6 Å². The SMILES string of the molecule is CC[C@H](C)c1ccccc1NC(=O)[C@@H](C)Oc1ccc(C#N)cc1Cl. The molecule has 2 rings (SSSR count). The Kier molecular flexibility index (Phi) is 6.44. The van der Waals surface area contributed by atoms with Gasteiger partial charge >= 0.3 is 0 Å². The Morgan fingerprint density at radius 2 is 2.00 bits per heavy atom. The van der Waals surface area contributed by atoms with E-state index in [0.717, 1.165) is 17.7 Å². The molecule has 0 heterocycles. The minimum Gasteiger partial charge on any atom is -0.479 e. The van der Waals surface area contributed by atoms with Crippen molar-refractivity contribution in [2.24, 2.45) is 0 Å². The molecule has 0 aliphatic carbocycles. The molecule has 0 saturated carbocycles. The van der Waals surface area contributed by atoms with Gasteiger partial charge in [0.2, 0.25) is 0 Å². The molecule has 25 heavy (non-hydrogen) atoms. The molecule has 4 nitrogen and oxygen atoms in total. The second kappa shape index (κ2) is 8.55. The number of nitriles is 1. The number of carbonyl (C=O) groups excluding carboxylic acids is 1. The van der Waals surface area contributed by atoms with Crippen LogP contribution in [-0.2, 0) is 4.79 Å². The van der Waals surface area contributed by atoms with Gasteiger partial charge in [0.05, 0.1) is 16.7 Å². The summed E-state index contributed by atoms with van der Waals surface area (Å²) in [5, 5.41) is 12.1. The topological polar surface area (TPSA) is 62.1 Å². The molecule has 1 amide bonds. The molecule has 0 unspecified atom stereocenters. The van der Waals surface area contributed by atoms with Crippen molar-refractivity contribution in [3.63, 3.8) is 0 Å². The summed E-state index contributed by atoms with van der Waals surface area (Å²) in [5.74, 6) is 0.468. The molecule has 0 aromatic heterocycles. The Hall–Kier alpha value is -2.51. The zero-order valence-electron chi connectivity index (χ0n) is 14.5. The summed E-state index contributed by atoms with van der Waals surface area (Å²) in [4.78, 5) is 12.5. The fourth-order valence-corrected chi connectivity index (χ4v) is 2.63. The smallest absolute Gasteiger partial charge is 0.265 e. The highest BCUT2D eigenvalue weighted by atomic mass is 35.5. The van der Waals surface area contributed by atoms with Gasteiger partial charge in [0.25, 0.3) is 5.91 Å². The molecule has 2 aromatic carbocycles. The van der Waals surface area contributed by atoms with E-state index in [-0.39, 0.29) is 5.91 Å². The number of amides is 1.